The fourth-order valence-corrected chi connectivity index (χ4v) is 5.03. The van der Waals surface area contributed by atoms with Crippen molar-refractivity contribution in [3.8, 4) is 5.75 Å². The Hall–Kier alpha value is -1.89. The highest BCUT2D eigenvalue weighted by Crippen LogP contribution is 2.35. The third-order valence-electron chi connectivity index (χ3n) is 6.04. The summed E-state index contributed by atoms with van der Waals surface area (Å²) in [6.07, 6.45) is 7.92. The average Bonchev–Trinajstić information content (AvgIpc) is 2.81. The largest absolute Gasteiger partial charge is 0.488 e. The van der Waals surface area contributed by atoms with Crippen LogP contribution in [0.25, 0.3) is 10.9 Å². The molecule has 8 heteroatoms. The number of fused-ring (bicyclic) bond motifs is 1. The molecule has 3 aromatic rings. The van der Waals surface area contributed by atoms with Crippen molar-refractivity contribution >= 4 is 56.2 Å². The van der Waals surface area contributed by atoms with E-state index in [1.54, 1.807) is 24.4 Å². The zero-order chi connectivity index (χ0) is 23.5. The first-order chi connectivity index (χ1) is 15.9. The van der Waals surface area contributed by atoms with Crippen LogP contribution in [0.4, 0.5) is 0 Å². The van der Waals surface area contributed by atoms with E-state index in [9.17, 15) is 4.79 Å². The molecule has 5 nitrogen and oxygen atoms in total. The average molecular weight is 551 g/mol. The molecule has 0 aliphatic heterocycles. The van der Waals surface area contributed by atoms with E-state index in [0.717, 1.165) is 36.6 Å². The molecule has 174 valence electrons. The minimum Gasteiger partial charge on any atom is -0.488 e. The molecule has 4 rings (SSSR count). The Kier molecular flexibility index (Phi) is 7.77. The quantitative estimate of drug-likeness (QED) is 0.297. The second kappa shape index (κ2) is 10.6. The minimum absolute atomic E-state index is 0.000793. The smallest absolute Gasteiger partial charge is 0.282 e. The maximum Gasteiger partial charge on any atom is 0.282 e. The van der Waals surface area contributed by atoms with E-state index in [0.29, 0.717) is 38.1 Å². The van der Waals surface area contributed by atoms with Crippen LogP contribution >= 0.6 is 39.1 Å². The van der Waals surface area contributed by atoms with E-state index in [4.69, 9.17) is 32.9 Å². The minimum atomic E-state index is -0.188. The van der Waals surface area contributed by atoms with Crippen LogP contribution < -0.4 is 10.3 Å². The number of hydrogen-bond acceptors (Lipinski definition) is 4. The number of hydrogen-bond donors (Lipinski definition) is 0. The summed E-state index contributed by atoms with van der Waals surface area (Å²) in [5.41, 5.74) is 1.18. The highest BCUT2D eigenvalue weighted by Gasteiger charge is 2.22. The lowest BCUT2D eigenvalue weighted by Crippen LogP contribution is -2.25. The van der Waals surface area contributed by atoms with Gasteiger partial charge in [-0.2, -0.15) is 9.78 Å². The fraction of sp³-hybridized carbons (Fsp3) is 0.400. The van der Waals surface area contributed by atoms with Gasteiger partial charge in [-0.25, -0.2) is 4.98 Å². The third kappa shape index (κ3) is 5.44. The molecule has 33 heavy (non-hydrogen) atoms. The number of benzene rings is 2. The van der Waals surface area contributed by atoms with Crippen LogP contribution in [0, 0.1) is 0 Å². The molecule has 1 aromatic heterocycles. The van der Waals surface area contributed by atoms with Crippen LogP contribution in [-0.2, 0) is 0 Å². The van der Waals surface area contributed by atoms with Gasteiger partial charge in [-0.15, -0.1) is 0 Å². The molecule has 2 aromatic carbocycles. The van der Waals surface area contributed by atoms with Crippen LogP contribution in [0.15, 0.2) is 44.7 Å². The maximum atomic E-state index is 13.4. The van der Waals surface area contributed by atoms with Gasteiger partial charge in [0.25, 0.3) is 5.56 Å². The van der Waals surface area contributed by atoms with Gasteiger partial charge in [0.2, 0.25) is 0 Å². The molecule has 0 bridgehead atoms. The van der Waals surface area contributed by atoms with E-state index < -0.39 is 0 Å². The fourth-order valence-electron chi connectivity index (χ4n) is 4.08. The van der Waals surface area contributed by atoms with Crippen molar-refractivity contribution < 1.29 is 4.74 Å². The van der Waals surface area contributed by atoms with Crippen LogP contribution in [0.3, 0.4) is 0 Å². The van der Waals surface area contributed by atoms with E-state index >= 15 is 0 Å². The Labute approximate surface area is 211 Å². The number of ether oxygens (including phenoxy) is 1. The summed E-state index contributed by atoms with van der Waals surface area (Å²) >= 11 is 16.3. The molecule has 0 radical (unpaired) electrons. The van der Waals surface area contributed by atoms with Gasteiger partial charge >= 0.3 is 0 Å². The Bertz CT molecular complexity index is 1230. The molecule has 0 spiro atoms. The molecular formula is C25H26BrCl2N3O2. The summed E-state index contributed by atoms with van der Waals surface area (Å²) in [6.45, 7) is 4.00. The standard InChI is InChI=1S/C25H26BrCl2N3O2/c1-3-15(2)33-23-20(27)11-16(12-21(23)28)14-29-31-24(17-7-5-4-6-8-17)30-22-10-9-18(26)13-19(22)25(31)32/h9-15,17H,3-8H2,1-2H3/t15-/m0/s1. The zero-order valence-electron chi connectivity index (χ0n) is 18.7. The summed E-state index contributed by atoms with van der Waals surface area (Å²) < 4.78 is 8.11. The van der Waals surface area contributed by atoms with E-state index in [-0.39, 0.29) is 17.6 Å². The van der Waals surface area contributed by atoms with Gasteiger partial charge in [0.05, 0.1) is 33.3 Å². The lowest BCUT2D eigenvalue weighted by atomic mass is 9.88. The Morgan fingerprint density at radius 3 is 2.58 bits per heavy atom. The van der Waals surface area contributed by atoms with Crippen molar-refractivity contribution in [3.63, 3.8) is 0 Å². The predicted molar refractivity (Wildman–Crippen MR) is 139 cm³/mol. The van der Waals surface area contributed by atoms with E-state index in [2.05, 4.69) is 21.0 Å². The second-order valence-corrected chi connectivity index (χ2v) is 10.2. The SMILES string of the molecule is CC[C@H](C)Oc1c(Cl)cc(C=Nn2c(C3CCCCC3)nc3ccc(Br)cc3c2=O)cc1Cl. The molecule has 0 unspecified atom stereocenters. The normalized spacial score (nSPS) is 15.9. The summed E-state index contributed by atoms with van der Waals surface area (Å²) in [5.74, 6) is 1.37. The van der Waals surface area contributed by atoms with Crippen molar-refractivity contribution in [1.29, 1.82) is 0 Å². The van der Waals surface area contributed by atoms with Crippen molar-refractivity contribution in [1.82, 2.24) is 9.66 Å². The van der Waals surface area contributed by atoms with E-state index in [1.807, 2.05) is 26.0 Å². The molecule has 1 saturated carbocycles. The van der Waals surface area contributed by atoms with Gasteiger partial charge in [-0.3, -0.25) is 4.79 Å². The molecule has 1 aliphatic carbocycles. The van der Waals surface area contributed by atoms with Gasteiger partial charge in [-0.1, -0.05) is 65.3 Å². The van der Waals surface area contributed by atoms with Gasteiger partial charge in [-0.05, 0) is 62.1 Å². The van der Waals surface area contributed by atoms with E-state index in [1.165, 1.54) is 11.1 Å². The first-order valence-corrected chi connectivity index (χ1v) is 12.8. The summed E-state index contributed by atoms with van der Waals surface area (Å²) in [4.78, 5) is 18.3. The zero-order valence-corrected chi connectivity index (χ0v) is 21.8. The van der Waals surface area contributed by atoms with Crippen molar-refractivity contribution in [3.05, 3.63) is 66.6 Å². The molecule has 0 saturated heterocycles. The van der Waals surface area contributed by atoms with Crippen LogP contribution in [0.2, 0.25) is 10.0 Å². The first-order valence-electron chi connectivity index (χ1n) is 11.3. The molecule has 0 N–H and O–H groups in total. The summed E-state index contributed by atoms with van der Waals surface area (Å²) in [6, 6.07) is 9.04. The lowest BCUT2D eigenvalue weighted by molar-refractivity contribution is 0.218. The molecular weight excluding hydrogens is 525 g/mol. The van der Waals surface area contributed by atoms with Gasteiger partial charge in [0, 0.05) is 10.4 Å². The molecule has 1 atom stereocenters. The Morgan fingerprint density at radius 2 is 1.91 bits per heavy atom. The van der Waals surface area contributed by atoms with Gasteiger partial charge in [0.15, 0.2) is 5.75 Å². The molecule has 1 aliphatic rings. The van der Waals surface area contributed by atoms with Crippen molar-refractivity contribution in [2.24, 2.45) is 5.10 Å². The number of rotatable bonds is 6. The lowest BCUT2D eigenvalue weighted by Gasteiger charge is -2.22. The third-order valence-corrected chi connectivity index (χ3v) is 7.10. The van der Waals surface area contributed by atoms with Crippen LogP contribution in [0.1, 0.15) is 69.7 Å². The molecule has 1 heterocycles. The number of aromatic nitrogens is 2. The summed E-state index contributed by atoms with van der Waals surface area (Å²) in [7, 11) is 0. The number of halogens is 3. The Balaban J connectivity index is 1.77. The van der Waals surface area contributed by atoms with Gasteiger partial charge < -0.3 is 4.74 Å². The van der Waals surface area contributed by atoms with Crippen LogP contribution in [-0.4, -0.2) is 22.0 Å². The Morgan fingerprint density at radius 1 is 1.21 bits per heavy atom. The van der Waals surface area contributed by atoms with Gasteiger partial charge in [0.1, 0.15) is 5.82 Å². The second-order valence-electron chi connectivity index (χ2n) is 8.48. The molecule has 0 amide bonds. The monoisotopic (exact) mass is 549 g/mol. The highest BCUT2D eigenvalue weighted by atomic mass is 79.9. The maximum absolute atomic E-state index is 13.4. The van der Waals surface area contributed by atoms with Crippen molar-refractivity contribution in [2.75, 3.05) is 0 Å². The first kappa shape index (κ1) is 24.2. The molecule has 1 fully saturated rings. The van der Waals surface area contributed by atoms with Crippen molar-refractivity contribution in [2.45, 2.75) is 64.4 Å². The number of nitrogens with zero attached hydrogens (tertiary/aromatic N) is 3. The highest BCUT2D eigenvalue weighted by molar-refractivity contribution is 9.10. The summed E-state index contributed by atoms with van der Waals surface area (Å²) in [5, 5.41) is 5.90. The van der Waals surface area contributed by atoms with Crippen LogP contribution in [0.5, 0.6) is 5.75 Å². The predicted octanol–water partition coefficient (Wildman–Crippen LogP) is 7.57. The topological polar surface area (TPSA) is 56.5 Å².